The minimum absolute atomic E-state index is 0.220. The van der Waals surface area contributed by atoms with Crippen LogP contribution in [-0.4, -0.2) is 23.7 Å². The highest BCUT2D eigenvalue weighted by Crippen LogP contribution is 2.48. The second-order valence-electron chi connectivity index (χ2n) is 8.60. The Morgan fingerprint density at radius 2 is 1.70 bits per heavy atom. The van der Waals surface area contributed by atoms with Gasteiger partial charge in [-0.15, -0.1) is 0 Å². The van der Waals surface area contributed by atoms with E-state index in [1.807, 2.05) is 18.2 Å². The van der Waals surface area contributed by atoms with Crippen LogP contribution in [0.4, 0.5) is 8.78 Å². The van der Waals surface area contributed by atoms with Crippen molar-refractivity contribution in [2.75, 3.05) is 6.54 Å². The Hall–Kier alpha value is -2.22. The van der Waals surface area contributed by atoms with Gasteiger partial charge in [0.25, 0.3) is 0 Å². The first-order valence-corrected chi connectivity index (χ1v) is 12.0. The number of fused-ring (bicyclic) bond motifs is 3. The standard InChI is InChI=1S/C26H25BrF2N2OS/c1-15(32)31-24(11-16-9-18(28)13-19(29)10-16)25(33)14-30-26(2)22-6-4-3-5-20(22)21-8-7-17(27)12-23(21)26/h3-10,12-13,24-25,30,33H,11,14H2,1-2H3,(H,31,32)/t24-,25+,26?/m0/s1. The van der Waals surface area contributed by atoms with Crippen LogP contribution in [0.3, 0.4) is 0 Å². The maximum atomic E-state index is 13.7. The number of carbonyl (C=O) groups is 1. The topological polar surface area (TPSA) is 41.1 Å². The quantitative estimate of drug-likeness (QED) is 0.347. The van der Waals surface area contributed by atoms with E-state index in [0.717, 1.165) is 16.1 Å². The third kappa shape index (κ3) is 5.00. The molecule has 1 amide bonds. The van der Waals surface area contributed by atoms with Crippen molar-refractivity contribution in [3.8, 4) is 11.1 Å². The number of hydrogen-bond donors (Lipinski definition) is 3. The third-order valence-electron chi connectivity index (χ3n) is 6.17. The van der Waals surface area contributed by atoms with Gasteiger partial charge in [-0.1, -0.05) is 46.3 Å². The lowest BCUT2D eigenvalue weighted by Gasteiger charge is -2.32. The Morgan fingerprint density at radius 1 is 1.03 bits per heavy atom. The molecule has 0 spiro atoms. The molecular weight excluding hydrogens is 506 g/mol. The smallest absolute Gasteiger partial charge is 0.217 e. The predicted octanol–water partition coefficient (Wildman–Crippen LogP) is 5.61. The summed E-state index contributed by atoms with van der Waals surface area (Å²) in [6, 6.07) is 17.6. The highest BCUT2D eigenvalue weighted by Gasteiger charge is 2.39. The molecule has 172 valence electrons. The van der Waals surface area contributed by atoms with Gasteiger partial charge in [-0.05, 0) is 65.4 Å². The van der Waals surface area contributed by atoms with Crippen molar-refractivity contribution in [1.82, 2.24) is 10.6 Å². The largest absolute Gasteiger partial charge is 0.352 e. The molecular formula is C26H25BrF2N2OS. The molecule has 0 aliphatic heterocycles. The van der Waals surface area contributed by atoms with E-state index in [9.17, 15) is 13.6 Å². The zero-order chi connectivity index (χ0) is 23.8. The van der Waals surface area contributed by atoms with E-state index in [-0.39, 0.29) is 17.6 Å². The first-order valence-electron chi connectivity index (χ1n) is 10.7. The average molecular weight is 531 g/mol. The number of benzene rings is 3. The fourth-order valence-electron chi connectivity index (χ4n) is 4.63. The normalized spacial score (nSPS) is 18.4. The van der Waals surface area contributed by atoms with E-state index in [0.29, 0.717) is 12.1 Å². The lowest BCUT2D eigenvalue weighted by atomic mass is 9.89. The Balaban J connectivity index is 1.58. The van der Waals surface area contributed by atoms with Crippen LogP contribution in [0.2, 0.25) is 0 Å². The Labute approximate surface area is 206 Å². The molecule has 33 heavy (non-hydrogen) atoms. The fraction of sp³-hybridized carbons (Fsp3) is 0.269. The Kier molecular flexibility index (Phi) is 6.93. The Bertz CT molecular complexity index is 1180. The van der Waals surface area contributed by atoms with Crippen molar-refractivity contribution < 1.29 is 13.6 Å². The second kappa shape index (κ2) is 9.57. The van der Waals surface area contributed by atoms with Gasteiger partial charge in [0, 0.05) is 35.3 Å². The summed E-state index contributed by atoms with van der Waals surface area (Å²) in [6.07, 6.45) is 0.263. The van der Waals surface area contributed by atoms with Crippen molar-refractivity contribution in [1.29, 1.82) is 0 Å². The highest BCUT2D eigenvalue weighted by molar-refractivity contribution is 9.10. The molecule has 0 bridgehead atoms. The molecule has 3 atom stereocenters. The van der Waals surface area contributed by atoms with Gasteiger partial charge >= 0.3 is 0 Å². The molecule has 1 aliphatic carbocycles. The summed E-state index contributed by atoms with van der Waals surface area (Å²) < 4.78 is 28.4. The number of carbonyl (C=O) groups excluding carboxylic acids is 1. The molecule has 1 aliphatic rings. The van der Waals surface area contributed by atoms with E-state index in [1.54, 1.807) is 0 Å². The predicted molar refractivity (Wildman–Crippen MR) is 134 cm³/mol. The van der Waals surface area contributed by atoms with Crippen LogP contribution >= 0.6 is 28.6 Å². The van der Waals surface area contributed by atoms with Gasteiger partial charge < -0.3 is 10.6 Å². The van der Waals surface area contributed by atoms with Gasteiger partial charge in [-0.25, -0.2) is 8.78 Å². The average Bonchev–Trinajstić information content (AvgIpc) is 2.99. The summed E-state index contributed by atoms with van der Waals surface area (Å²) in [5.41, 5.74) is 4.69. The molecule has 0 fully saturated rings. The highest BCUT2D eigenvalue weighted by atomic mass is 79.9. The molecule has 2 N–H and O–H groups in total. The maximum Gasteiger partial charge on any atom is 0.217 e. The van der Waals surface area contributed by atoms with Crippen LogP contribution in [0.5, 0.6) is 0 Å². The summed E-state index contributed by atoms with van der Waals surface area (Å²) in [6.45, 7) is 4.03. The molecule has 0 heterocycles. The summed E-state index contributed by atoms with van der Waals surface area (Å²) in [7, 11) is 0. The zero-order valence-corrected chi connectivity index (χ0v) is 20.8. The summed E-state index contributed by atoms with van der Waals surface area (Å²) >= 11 is 8.37. The van der Waals surface area contributed by atoms with Gasteiger partial charge in [-0.3, -0.25) is 4.79 Å². The number of rotatable bonds is 7. The number of halogens is 3. The van der Waals surface area contributed by atoms with Gasteiger partial charge in [0.2, 0.25) is 5.91 Å². The molecule has 0 saturated heterocycles. The third-order valence-corrected chi connectivity index (χ3v) is 7.21. The monoisotopic (exact) mass is 530 g/mol. The summed E-state index contributed by atoms with van der Waals surface area (Å²) in [4.78, 5) is 11.9. The maximum absolute atomic E-state index is 13.7. The molecule has 3 aromatic rings. The van der Waals surface area contributed by atoms with Crippen LogP contribution in [-0.2, 0) is 16.8 Å². The molecule has 1 unspecified atom stereocenters. The number of hydrogen-bond acceptors (Lipinski definition) is 3. The van der Waals surface area contributed by atoms with Crippen LogP contribution in [0.15, 0.2) is 65.1 Å². The van der Waals surface area contributed by atoms with Crippen molar-refractivity contribution in [3.05, 3.63) is 93.5 Å². The summed E-state index contributed by atoms with van der Waals surface area (Å²) in [5.74, 6) is -1.50. The summed E-state index contributed by atoms with van der Waals surface area (Å²) in [5, 5.41) is 6.25. The van der Waals surface area contributed by atoms with Gasteiger partial charge in [-0.2, -0.15) is 12.6 Å². The number of thiol groups is 1. The van der Waals surface area contributed by atoms with Crippen molar-refractivity contribution in [2.45, 2.75) is 37.1 Å². The lowest BCUT2D eigenvalue weighted by molar-refractivity contribution is -0.119. The van der Waals surface area contributed by atoms with Crippen molar-refractivity contribution in [3.63, 3.8) is 0 Å². The minimum Gasteiger partial charge on any atom is -0.352 e. The SMILES string of the molecule is CC(=O)N[C@@H](Cc1cc(F)cc(F)c1)[C@H](S)CNC1(C)c2ccccc2-c2ccc(Br)cc21. The number of nitrogens with one attached hydrogen (secondary N) is 2. The molecule has 0 saturated carbocycles. The van der Waals surface area contributed by atoms with Crippen LogP contribution in [0.25, 0.3) is 11.1 Å². The molecule has 0 aromatic heterocycles. The van der Waals surface area contributed by atoms with Crippen molar-refractivity contribution >= 4 is 34.5 Å². The van der Waals surface area contributed by atoms with Gasteiger partial charge in [0.1, 0.15) is 11.6 Å². The van der Waals surface area contributed by atoms with Crippen molar-refractivity contribution in [2.24, 2.45) is 0 Å². The van der Waals surface area contributed by atoms with Gasteiger partial charge in [0.15, 0.2) is 0 Å². The van der Waals surface area contributed by atoms with E-state index in [2.05, 4.69) is 57.8 Å². The van der Waals surface area contributed by atoms with E-state index < -0.39 is 23.2 Å². The van der Waals surface area contributed by atoms with Crippen LogP contribution < -0.4 is 10.6 Å². The fourth-order valence-corrected chi connectivity index (χ4v) is 5.26. The second-order valence-corrected chi connectivity index (χ2v) is 10.2. The Morgan fingerprint density at radius 3 is 2.39 bits per heavy atom. The first kappa shape index (κ1) is 23.9. The number of amides is 1. The minimum atomic E-state index is -0.641. The molecule has 4 rings (SSSR count). The lowest BCUT2D eigenvalue weighted by Crippen LogP contribution is -2.49. The van der Waals surface area contributed by atoms with E-state index in [4.69, 9.17) is 12.6 Å². The zero-order valence-electron chi connectivity index (χ0n) is 18.3. The van der Waals surface area contributed by atoms with Crippen LogP contribution in [0.1, 0.15) is 30.5 Å². The molecule has 3 nitrogen and oxygen atoms in total. The molecule has 0 radical (unpaired) electrons. The molecule has 3 aromatic carbocycles. The van der Waals surface area contributed by atoms with E-state index in [1.165, 1.54) is 35.7 Å². The first-order chi connectivity index (χ1) is 15.7. The molecule has 7 heteroatoms. The van der Waals surface area contributed by atoms with E-state index >= 15 is 0 Å². The van der Waals surface area contributed by atoms with Crippen LogP contribution in [0, 0.1) is 11.6 Å². The van der Waals surface area contributed by atoms with Gasteiger partial charge in [0.05, 0.1) is 5.54 Å².